The average Bonchev–Trinajstić information content (AvgIpc) is 3.93. The first-order valence-electron chi connectivity index (χ1n) is 20.2. The van der Waals surface area contributed by atoms with Crippen molar-refractivity contribution in [3.8, 4) is 41.1 Å². The smallest absolute Gasteiger partial charge is 0.252 e. The highest BCUT2D eigenvalue weighted by Crippen LogP contribution is 2.47. The largest absolute Gasteiger partial charge is 0.508 e. The van der Waals surface area contributed by atoms with Gasteiger partial charge in [0, 0.05) is 37.4 Å². The third-order valence-corrected chi connectivity index (χ3v) is 13.0. The van der Waals surface area contributed by atoms with Gasteiger partial charge in [0.1, 0.15) is 54.3 Å². The molecule has 9 rings (SSSR count). The SMILES string of the molecule is C[C@@H]1C=C[C@@H]([C@@H](O)CC(=O)CCc2cc3c(cc2O)OC#CC2(CCCC2)[C@H]2C#C[C@H](O)c4ccc5c(c4CC4=CN=C6C[NH+](C=C46)[C@H]2O3)C=CN[C@@H]5N)[C@H](O)C1. The molecule has 0 saturated heterocycles. The van der Waals surface area contributed by atoms with E-state index >= 15 is 0 Å². The van der Waals surface area contributed by atoms with Crippen LogP contribution in [0, 0.1) is 47.0 Å². The molecule has 294 valence electrons. The van der Waals surface area contributed by atoms with Crippen molar-refractivity contribution in [2.24, 2.45) is 33.9 Å². The zero-order valence-corrected chi connectivity index (χ0v) is 32.0. The summed E-state index contributed by atoms with van der Waals surface area (Å²) in [5.74, 6) is 9.93. The molecule has 2 aliphatic carbocycles. The second kappa shape index (κ2) is 15.0. The number of phenols is 1. The topological polar surface area (TPSA) is 171 Å². The minimum absolute atomic E-state index is 0.0538. The Labute approximate surface area is 332 Å². The fraction of sp³-hybridized carbons (Fsp3) is 0.435. The van der Waals surface area contributed by atoms with Crippen LogP contribution in [0.4, 0.5) is 0 Å². The van der Waals surface area contributed by atoms with Crippen LogP contribution >= 0.6 is 0 Å². The van der Waals surface area contributed by atoms with E-state index in [2.05, 4.69) is 35.4 Å². The van der Waals surface area contributed by atoms with E-state index in [4.69, 9.17) is 20.2 Å². The van der Waals surface area contributed by atoms with Gasteiger partial charge in [-0.25, -0.2) is 0 Å². The Morgan fingerprint density at radius 3 is 2.79 bits per heavy atom. The van der Waals surface area contributed by atoms with Gasteiger partial charge in [0.05, 0.1) is 23.2 Å². The molecule has 2 aromatic carbocycles. The van der Waals surface area contributed by atoms with Crippen LogP contribution in [0.15, 0.2) is 71.2 Å². The lowest BCUT2D eigenvalue weighted by Gasteiger charge is -2.36. The number of quaternary nitrogens is 1. The number of phenolic OH excluding ortho intramolecular Hbond substituents is 1. The lowest BCUT2D eigenvalue weighted by molar-refractivity contribution is -0.888. The van der Waals surface area contributed by atoms with Crippen LogP contribution in [0.25, 0.3) is 6.08 Å². The van der Waals surface area contributed by atoms with Gasteiger partial charge in [-0.1, -0.05) is 61.8 Å². The van der Waals surface area contributed by atoms with Gasteiger partial charge in [-0.15, -0.1) is 0 Å². The molecule has 1 fully saturated rings. The molecule has 0 radical (unpaired) electrons. The molecule has 1 unspecified atom stereocenters. The van der Waals surface area contributed by atoms with E-state index in [1.165, 1.54) is 6.07 Å². The summed E-state index contributed by atoms with van der Waals surface area (Å²) in [4.78, 5) is 19.0. The van der Waals surface area contributed by atoms with Gasteiger partial charge in [0.15, 0.2) is 11.5 Å². The predicted molar refractivity (Wildman–Crippen MR) is 213 cm³/mol. The molecule has 11 heteroatoms. The summed E-state index contributed by atoms with van der Waals surface area (Å²) in [6.45, 7) is 2.56. The molecule has 11 nitrogen and oxygen atoms in total. The summed E-state index contributed by atoms with van der Waals surface area (Å²) >= 11 is 0. The number of benzene rings is 2. The van der Waals surface area contributed by atoms with Crippen molar-refractivity contribution in [2.45, 2.75) is 95.4 Å². The molecule has 57 heavy (non-hydrogen) atoms. The second-order valence-corrected chi connectivity index (χ2v) is 16.7. The van der Waals surface area contributed by atoms with Crippen LogP contribution in [0.1, 0.15) is 92.0 Å². The maximum Gasteiger partial charge on any atom is 0.252 e. The number of carbonyl (C=O) groups is 1. The quantitative estimate of drug-likeness (QED) is 0.172. The number of fused-ring (bicyclic) bond motifs is 8. The van der Waals surface area contributed by atoms with E-state index in [0.717, 1.165) is 69.7 Å². The fourth-order valence-corrected chi connectivity index (χ4v) is 9.79. The Morgan fingerprint density at radius 2 is 1.96 bits per heavy atom. The van der Waals surface area contributed by atoms with Crippen LogP contribution in [0.2, 0.25) is 0 Å². The number of nitrogens with one attached hydrogen (secondary N) is 2. The molecule has 2 bridgehead atoms. The van der Waals surface area contributed by atoms with Gasteiger partial charge in [0.25, 0.3) is 6.23 Å². The lowest BCUT2D eigenvalue weighted by atomic mass is 9.73. The number of ketones is 1. The number of aliphatic hydroxyl groups is 3. The van der Waals surface area contributed by atoms with Crippen molar-refractivity contribution in [1.29, 1.82) is 0 Å². The summed E-state index contributed by atoms with van der Waals surface area (Å²) in [7, 11) is 0. The molecule has 0 aromatic heterocycles. The number of rotatable bonds is 6. The minimum atomic E-state index is -1.09. The minimum Gasteiger partial charge on any atom is -0.508 e. The Morgan fingerprint density at radius 1 is 1.14 bits per heavy atom. The summed E-state index contributed by atoms with van der Waals surface area (Å²) < 4.78 is 13.1. The highest BCUT2D eigenvalue weighted by molar-refractivity contribution is 6.08. The van der Waals surface area contributed by atoms with Crippen molar-refractivity contribution in [1.82, 2.24) is 5.32 Å². The zero-order chi connectivity index (χ0) is 39.4. The third-order valence-electron chi connectivity index (χ3n) is 13.0. The summed E-state index contributed by atoms with van der Waals surface area (Å²) in [6.07, 6.45) is 15.7. The Bertz CT molecular complexity index is 2280. The fourth-order valence-electron chi connectivity index (χ4n) is 9.79. The van der Waals surface area contributed by atoms with Crippen LogP contribution in [-0.4, -0.2) is 56.9 Å². The summed E-state index contributed by atoms with van der Waals surface area (Å²) in [5.41, 5.74) is 13.0. The second-order valence-electron chi connectivity index (χ2n) is 16.7. The van der Waals surface area contributed by atoms with E-state index in [0.29, 0.717) is 30.7 Å². The summed E-state index contributed by atoms with van der Waals surface area (Å²) in [6, 6.07) is 7.09. The first-order chi connectivity index (χ1) is 27.6. The van der Waals surface area contributed by atoms with Crippen molar-refractivity contribution in [2.75, 3.05) is 6.54 Å². The number of nitrogens with two attached hydrogens (primary N) is 1. The number of aliphatic hydroxyl groups excluding tert-OH is 3. The molecule has 7 aliphatic rings. The highest BCUT2D eigenvalue weighted by atomic mass is 16.5. The Balaban J connectivity index is 1.06. The van der Waals surface area contributed by atoms with E-state index < -0.39 is 41.8 Å². The first kappa shape index (κ1) is 37.4. The first-order valence-corrected chi connectivity index (χ1v) is 20.2. The monoisotopic (exact) mass is 769 g/mol. The van der Waals surface area contributed by atoms with E-state index in [9.17, 15) is 25.2 Å². The van der Waals surface area contributed by atoms with Gasteiger partial charge in [0.2, 0.25) is 0 Å². The maximum atomic E-state index is 13.1. The molecule has 2 aromatic rings. The van der Waals surface area contributed by atoms with Crippen LogP contribution < -0.4 is 25.4 Å². The van der Waals surface area contributed by atoms with Crippen LogP contribution in [-0.2, 0) is 17.6 Å². The van der Waals surface area contributed by atoms with Crippen LogP contribution in [0.3, 0.4) is 0 Å². The van der Waals surface area contributed by atoms with Gasteiger partial charge in [-0.3, -0.25) is 14.7 Å². The number of hydrogen-bond donors (Lipinski definition) is 7. The van der Waals surface area contributed by atoms with E-state index in [-0.39, 0.29) is 48.6 Å². The molecule has 8 N–H and O–H groups in total. The number of allylic oxidation sites excluding steroid dienone is 2. The van der Waals surface area contributed by atoms with E-state index in [1.54, 1.807) is 6.07 Å². The molecule has 5 heterocycles. The molecular formula is C46H49N4O7+. The predicted octanol–water partition coefficient (Wildman–Crippen LogP) is 3.40. The Hall–Kier alpha value is -5.14. The van der Waals surface area contributed by atoms with Crippen molar-refractivity contribution in [3.63, 3.8) is 0 Å². The number of aryl methyl sites for hydroxylation is 1. The Kier molecular flexibility index (Phi) is 9.84. The molecule has 1 saturated carbocycles. The molecule has 0 amide bonds. The van der Waals surface area contributed by atoms with Crippen molar-refractivity contribution < 1.29 is 39.6 Å². The normalized spacial score (nSPS) is 30.4. The molecule has 1 spiro atoms. The number of ether oxygens (including phenoxy) is 2. The number of Topliss-reactive ketones (excluding diaryl/α,β-unsaturated/α-hetero) is 1. The van der Waals surface area contributed by atoms with Gasteiger partial charge >= 0.3 is 0 Å². The lowest BCUT2D eigenvalue weighted by Crippen LogP contribution is -3.13. The molecule has 5 aliphatic heterocycles. The average molecular weight is 770 g/mol. The standard InChI is InChI=1S/C46H48N4O7/c1-26-4-7-33(40(54)18-26)41(55)21-29(51)6-5-27-20-43-42(22-39(27)53)56-17-15-46(13-2-3-14-46)36-10-11-38(52)31-8-9-32-30(12-16-48-44(32)47)34(31)19-28-23-49-37-25-50(24-35(28)37)45(36)57-43/h4,7-9,12,16,20,22-24,26,33,36,38,40-41,44-45,48,52-55H,2-3,5-6,13-14,18-19,21,25,47H2,1H3/p+1/t26-,33-,36+,38+,40-,41+,44+,45+/m1/s1. The van der Waals surface area contributed by atoms with Gasteiger partial charge in [-0.05, 0) is 83.3 Å². The highest BCUT2D eigenvalue weighted by Gasteiger charge is 2.51. The van der Waals surface area contributed by atoms with Crippen molar-refractivity contribution >= 4 is 17.6 Å². The number of nitrogens with zero attached hydrogens (tertiary/aromatic N) is 1. The molecular weight excluding hydrogens is 721 g/mol. The van der Waals surface area contributed by atoms with Gasteiger partial charge < -0.3 is 41.0 Å². The third kappa shape index (κ3) is 6.98. The number of hydrogen-bond acceptors (Lipinski definition) is 10. The summed E-state index contributed by atoms with van der Waals surface area (Å²) in [5, 5.41) is 47.6. The van der Waals surface area contributed by atoms with E-state index in [1.807, 2.05) is 49.7 Å². The zero-order valence-electron chi connectivity index (χ0n) is 32.0. The maximum absolute atomic E-state index is 13.1. The number of aromatic hydroxyl groups is 1. The number of carbonyl (C=O) groups excluding carboxylic acids is 1. The molecule has 9 atom stereocenters. The van der Waals surface area contributed by atoms with Crippen molar-refractivity contribution in [3.05, 3.63) is 94.0 Å². The van der Waals surface area contributed by atoms with Gasteiger partial charge in [-0.2, -0.15) is 0 Å². The number of aliphatic imine (C=N–C) groups is 1. The van der Waals surface area contributed by atoms with Crippen LogP contribution in [0.5, 0.6) is 17.2 Å².